The van der Waals surface area contributed by atoms with Gasteiger partial charge in [0, 0.05) is 13.5 Å². The molecular formula is C11H15NO5S. The molecule has 0 aliphatic rings. The lowest BCUT2D eigenvalue weighted by atomic mass is 10.1. The van der Waals surface area contributed by atoms with Crippen molar-refractivity contribution in [3.05, 3.63) is 21.9 Å². The van der Waals surface area contributed by atoms with Crippen LogP contribution < -0.4 is 5.32 Å². The Morgan fingerprint density at radius 1 is 1.50 bits per heavy atom. The summed E-state index contributed by atoms with van der Waals surface area (Å²) in [7, 11) is 1.27. The van der Waals surface area contributed by atoms with Crippen molar-refractivity contribution in [2.24, 2.45) is 0 Å². The van der Waals surface area contributed by atoms with Gasteiger partial charge in [-0.3, -0.25) is 4.79 Å². The highest BCUT2D eigenvalue weighted by molar-refractivity contribution is 7.12. The van der Waals surface area contributed by atoms with Crippen molar-refractivity contribution in [2.45, 2.75) is 19.1 Å². The van der Waals surface area contributed by atoms with Gasteiger partial charge >= 0.3 is 5.97 Å². The SMILES string of the molecule is COC(=O)c1cc(C(O)C(O)CNC(C)=O)cs1. The van der Waals surface area contributed by atoms with Crippen LogP contribution in [0.3, 0.4) is 0 Å². The average Bonchev–Trinajstić information content (AvgIpc) is 2.83. The highest BCUT2D eigenvalue weighted by atomic mass is 32.1. The Bertz CT molecular complexity index is 431. The summed E-state index contributed by atoms with van der Waals surface area (Å²) >= 11 is 1.12. The highest BCUT2D eigenvalue weighted by Crippen LogP contribution is 2.23. The van der Waals surface area contributed by atoms with Crippen molar-refractivity contribution < 1.29 is 24.5 Å². The zero-order chi connectivity index (χ0) is 13.7. The summed E-state index contributed by atoms with van der Waals surface area (Å²) in [5, 5.41) is 23.4. The van der Waals surface area contributed by atoms with Crippen molar-refractivity contribution in [3.8, 4) is 0 Å². The van der Waals surface area contributed by atoms with Crippen LogP contribution in [0.1, 0.15) is 28.3 Å². The number of hydrogen-bond donors (Lipinski definition) is 3. The smallest absolute Gasteiger partial charge is 0.348 e. The van der Waals surface area contributed by atoms with E-state index in [0.717, 1.165) is 11.3 Å². The predicted molar refractivity (Wildman–Crippen MR) is 65.3 cm³/mol. The number of nitrogens with one attached hydrogen (secondary N) is 1. The van der Waals surface area contributed by atoms with E-state index in [1.807, 2.05) is 0 Å². The molecule has 6 nitrogen and oxygen atoms in total. The fraction of sp³-hybridized carbons (Fsp3) is 0.455. The van der Waals surface area contributed by atoms with E-state index in [-0.39, 0.29) is 12.5 Å². The number of thiophene rings is 1. The summed E-state index contributed by atoms with van der Waals surface area (Å²) in [6.07, 6.45) is -2.29. The van der Waals surface area contributed by atoms with E-state index in [4.69, 9.17) is 0 Å². The van der Waals surface area contributed by atoms with E-state index in [1.165, 1.54) is 20.1 Å². The second-order valence-corrected chi connectivity index (χ2v) is 4.60. The monoisotopic (exact) mass is 273 g/mol. The summed E-state index contributed by atoms with van der Waals surface area (Å²) in [5.74, 6) is -0.781. The molecule has 18 heavy (non-hydrogen) atoms. The molecule has 0 fully saturated rings. The van der Waals surface area contributed by atoms with Crippen LogP contribution in [0.4, 0.5) is 0 Å². The van der Waals surface area contributed by atoms with Gasteiger partial charge in [0.05, 0.1) is 7.11 Å². The Hall–Kier alpha value is -1.44. The molecule has 100 valence electrons. The molecule has 0 aliphatic heterocycles. The minimum Gasteiger partial charge on any atom is -0.465 e. The topological polar surface area (TPSA) is 95.9 Å². The van der Waals surface area contributed by atoms with Crippen LogP contribution in [-0.2, 0) is 9.53 Å². The Morgan fingerprint density at radius 2 is 2.17 bits per heavy atom. The van der Waals surface area contributed by atoms with Crippen LogP contribution in [0.15, 0.2) is 11.4 Å². The molecule has 0 saturated carbocycles. The Morgan fingerprint density at radius 3 is 2.72 bits per heavy atom. The fourth-order valence-corrected chi connectivity index (χ4v) is 2.15. The van der Waals surface area contributed by atoms with Crippen LogP contribution in [0, 0.1) is 0 Å². The van der Waals surface area contributed by atoms with E-state index >= 15 is 0 Å². The first-order valence-corrected chi connectivity index (χ1v) is 6.11. The van der Waals surface area contributed by atoms with Gasteiger partial charge in [-0.2, -0.15) is 0 Å². The Labute approximate surface area is 108 Å². The minimum absolute atomic E-state index is 0.0557. The number of amides is 1. The average molecular weight is 273 g/mol. The third-order valence-electron chi connectivity index (χ3n) is 2.27. The van der Waals surface area contributed by atoms with Gasteiger partial charge in [0.1, 0.15) is 17.1 Å². The number of hydrogen-bond acceptors (Lipinski definition) is 6. The second-order valence-electron chi connectivity index (χ2n) is 3.69. The van der Waals surface area contributed by atoms with Crippen LogP contribution in [0.5, 0.6) is 0 Å². The molecule has 0 bridgehead atoms. The summed E-state index contributed by atoms with van der Waals surface area (Å²) in [6, 6.07) is 1.46. The first-order chi connectivity index (χ1) is 8.45. The van der Waals surface area contributed by atoms with E-state index in [0.29, 0.717) is 10.4 Å². The van der Waals surface area contributed by atoms with Crippen LogP contribution in [0.25, 0.3) is 0 Å². The van der Waals surface area contributed by atoms with Gasteiger partial charge in [-0.25, -0.2) is 4.79 Å². The molecule has 1 rings (SSSR count). The number of methoxy groups -OCH3 is 1. The number of rotatable bonds is 5. The standard InChI is InChI=1S/C11H15NO5S/c1-6(13)12-4-8(14)10(15)7-3-9(18-5-7)11(16)17-2/h3,5,8,10,14-15H,4H2,1-2H3,(H,12,13). The van der Waals surface area contributed by atoms with Crippen molar-refractivity contribution in [1.29, 1.82) is 0 Å². The van der Waals surface area contributed by atoms with Crippen molar-refractivity contribution in [3.63, 3.8) is 0 Å². The maximum absolute atomic E-state index is 11.2. The summed E-state index contributed by atoms with van der Waals surface area (Å²) in [6.45, 7) is 1.26. The number of esters is 1. The highest BCUT2D eigenvalue weighted by Gasteiger charge is 2.21. The zero-order valence-electron chi connectivity index (χ0n) is 10.0. The molecule has 1 amide bonds. The maximum atomic E-state index is 11.2. The molecule has 1 heterocycles. The van der Waals surface area contributed by atoms with Crippen LogP contribution in [-0.4, -0.2) is 41.8 Å². The van der Waals surface area contributed by atoms with E-state index in [2.05, 4.69) is 10.1 Å². The Kier molecular flexibility index (Phi) is 5.26. The van der Waals surface area contributed by atoms with Gasteiger partial charge in [0.2, 0.25) is 5.91 Å². The van der Waals surface area contributed by atoms with Crippen LogP contribution >= 0.6 is 11.3 Å². The number of carbonyl (C=O) groups excluding carboxylic acids is 2. The predicted octanol–water partition coefficient (Wildman–Crippen LogP) is 0.0651. The number of carbonyl (C=O) groups is 2. The third kappa shape index (κ3) is 3.80. The van der Waals surface area contributed by atoms with E-state index < -0.39 is 18.2 Å². The summed E-state index contributed by atoms with van der Waals surface area (Å²) < 4.78 is 4.54. The van der Waals surface area contributed by atoms with Gasteiger partial charge in [-0.1, -0.05) is 0 Å². The molecule has 1 aromatic rings. The lowest BCUT2D eigenvalue weighted by Gasteiger charge is -2.16. The zero-order valence-corrected chi connectivity index (χ0v) is 10.9. The van der Waals surface area contributed by atoms with Crippen molar-refractivity contribution >= 4 is 23.2 Å². The summed E-state index contributed by atoms with van der Waals surface area (Å²) in [4.78, 5) is 22.2. The minimum atomic E-state index is -1.16. The van der Waals surface area contributed by atoms with Gasteiger partial charge in [-0.15, -0.1) is 11.3 Å². The van der Waals surface area contributed by atoms with Gasteiger partial charge < -0.3 is 20.3 Å². The third-order valence-corrected chi connectivity index (χ3v) is 3.20. The Balaban J connectivity index is 2.65. The molecule has 3 N–H and O–H groups in total. The number of ether oxygens (including phenoxy) is 1. The molecule has 1 aromatic heterocycles. The lowest BCUT2D eigenvalue weighted by Crippen LogP contribution is -2.34. The first kappa shape index (κ1) is 14.6. The molecular weight excluding hydrogens is 258 g/mol. The second kappa shape index (κ2) is 6.48. The number of aliphatic hydroxyl groups excluding tert-OH is 2. The molecule has 2 unspecified atom stereocenters. The molecule has 0 radical (unpaired) electrons. The van der Waals surface area contributed by atoms with Gasteiger partial charge in [0.15, 0.2) is 0 Å². The van der Waals surface area contributed by atoms with Gasteiger partial charge in [0.25, 0.3) is 0 Å². The molecule has 0 saturated heterocycles. The number of aliphatic hydroxyl groups is 2. The van der Waals surface area contributed by atoms with Gasteiger partial charge in [-0.05, 0) is 17.0 Å². The van der Waals surface area contributed by atoms with Crippen molar-refractivity contribution in [1.82, 2.24) is 5.32 Å². The molecule has 0 aromatic carbocycles. The molecule has 7 heteroatoms. The largest absolute Gasteiger partial charge is 0.465 e. The normalized spacial score (nSPS) is 13.8. The van der Waals surface area contributed by atoms with Crippen LogP contribution in [0.2, 0.25) is 0 Å². The molecule has 0 spiro atoms. The van der Waals surface area contributed by atoms with E-state index in [1.54, 1.807) is 5.38 Å². The summed E-state index contributed by atoms with van der Waals surface area (Å²) in [5.41, 5.74) is 0.415. The fourth-order valence-electron chi connectivity index (χ4n) is 1.30. The maximum Gasteiger partial charge on any atom is 0.348 e. The quantitative estimate of drug-likeness (QED) is 0.660. The van der Waals surface area contributed by atoms with Crippen molar-refractivity contribution in [2.75, 3.05) is 13.7 Å². The first-order valence-electron chi connectivity index (χ1n) is 5.23. The lowest BCUT2D eigenvalue weighted by molar-refractivity contribution is -0.119. The molecule has 2 atom stereocenters. The molecule has 0 aliphatic carbocycles. The van der Waals surface area contributed by atoms with E-state index in [9.17, 15) is 19.8 Å².